The molecule has 0 aromatic rings. The second-order valence-electron chi connectivity index (χ2n) is 9.62. The molecule has 4 unspecified atom stereocenters. The molecule has 2 aliphatic rings. The van der Waals surface area contributed by atoms with Crippen LogP contribution in [-0.4, -0.2) is 23.2 Å². The minimum atomic E-state index is -0.659. The minimum absolute atomic E-state index is 0.343. The number of unbranched alkanes of at least 4 members (excludes halogenated alkanes) is 8. The predicted octanol–water partition coefficient (Wildman–Crippen LogP) is 6.40. The first kappa shape index (κ1) is 26.4. The Hall–Kier alpha value is -0.610. The second-order valence-corrected chi connectivity index (χ2v) is 9.62. The summed E-state index contributed by atoms with van der Waals surface area (Å²) in [4.78, 5) is 10.2. The number of hydrogen-bond acceptors (Lipinski definition) is 3. The van der Waals surface area contributed by atoms with Gasteiger partial charge < -0.3 is 16.6 Å². The van der Waals surface area contributed by atoms with Crippen molar-refractivity contribution in [2.24, 2.45) is 23.3 Å². The molecule has 4 atom stereocenters. The molecule has 0 aromatic carbocycles. The molecule has 172 valence electrons. The van der Waals surface area contributed by atoms with Crippen molar-refractivity contribution in [3.8, 4) is 0 Å². The van der Waals surface area contributed by atoms with Crippen molar-refractivity contribution < 1.29 is 9.90 Å². The summed E-state index contributed by atoms with van der Waals surface area (Å²) >= 11 is 0. The number of rotatable bonds is 12. The molecule has 5 N–H and O–H groups in total. The van der Waals surface area contributed by atoms with E-state index >= 15 is 0 Å². The first-order valence-electron chi connectivity index (χ1n) is 12.8. The van der Waals surface area contributed by atoms with E-state index in [2.05, 4.69) is 6.92 Å². The SMILES string of the molecule is CCCCCCCCCCCC(=O)O.NC1CCCCC1CC1CCCCC1N. The van der Waals surface area contributed by atoms with Gasteiger partial charge in [-0.1, -0.05) is 84.0 Å². The van der Waals surface area contributed by atoms with Crippen molar-refractivity contribution in [2.45, 2.75) is 141 Å². The quantitative estimate of drug-likeness (QED) is 0.325. The van der Waals surface area contributed by atoms with Gasteiger partial charge in [-0.25, -0.2) is 0 Å². The summed E-state index contributed by atoms with van der Waals surface area (Å²) in [6, 6.07) is 0.931. The number of hydrogen-bond donors (Lipinski definition) is 3. The van der Waals surface area contributed by atoms with Gasteiger partial charge in [0.05, 0.1) is 0 Å². The van der Waals surface area contributed by atoms with Crippen molar-refractivity contribution >= 4 is 5.97 Å². The normalized spacial score (nSPS) is 27.1. The lowest BCUT2D eigenvalue weighted by atomic mass is 9.74. The molecule has 0 bridgehead atoms. The summed E-state index contributed by atoms with van der Waals surface area (Å²) in [7, 11) is 0. The Labute approximate surface area is 180 Å². The molecule has 0 radical (unpaired) electrons. The van der Waals surface area contributed by atoms with Crippen molar-refractivity contribution in [3.63, 3.8) is 0 Å². The van der Waals surface area contributed by atoms with Crippen LogP contribution < -0.4 is 11.5 Å². The highest BCUT2D eigenvalue weighted by Gasteiger charge is 2.29. The highest BCUT2D eigenvalue weighted by Crippen LogP contribution is 2.34. The van der Waals surface area contributed by atoms with Crippen LogP contribution in [0.15, 0.2) is 0 Å². The predicted molar refractivity (Wildman–Crippen MR) is 124 cm³/mol. The molecule has 0 saturated heterocycles. The fraction of sp³-hybridized carbons (Fsp3) is 0.960. The van der Waals surface area contributed by atoms with Gasteiger partial charge in [-0.2, -0.15) is 0 Å². The van der Waals surface area contributed by atoms with Gasteiger partial charge in [-0.15, -0.1) is 0 Å². The molecule has 0 heterocycles. The van der Waals surface area contributed by atoms with Crippen LogP contribution in [0.2, 0.25) is 0 Å². The second kappa shape index (κ2) is 17.1. The van der Waals surface area contributed by atoms with Crippen LogP contribution in [0.5, 0.6) is 0 Å². The molecule has 2 saturated carbocycles. The molecule has 2 fully saturated rings. The summed E-state index contributed by atoms with van der Waals surface area (Å²) < 4.78 is 0. The number of carbonyl (C=O) groups is 1. The average molecular weight is 411 g/mol. The largest absolute Gasteiger partial charge is 0.481 e. The van der Waals surface area contributed by atoms with Gasteiger partial charge in [0.2, 0.25) is 0 Å². The summed E-state index contributed by atoms with van der Waals surface area (Å²) in [5.41, 5.74) is 12.4. The fourth-order valence-corrected chi connectivity index (χ4v) is 5.03. The lowest BCUT2D eigenvalue weighted by Gasteiger charge is -2.35. The fourth-order valence-electron chi connectivity index (χ4n) is 5.03. The van der Waals surface area contributed by atoms with E-state index in [-0.39, 0.29) is 0 Å². The molecule has 2 aliphatic carbocycles. The molecule has 4 nitrogen and oxygen atoms in total. The standard InChI is InChI=1S/C13H26N2.C12H24O2/c14-12-7-3-1-5-10(12)9-11-6-2-4-8-13(11)15;1-2-3-4-5-6-7-8-9-10-11-12(13)14/h10-13H,1-9,14-15H2;2-11H2,1H3,(H,13,14). The molecule has 2 rings (SSSR count). The third-order valence-electron chi connectivity index (χ3n) is 7.04. The van der Waals surface area contributed by atoms with Crippen LogP contribution in [0.3, 0.4) is 0 Å². The summed E-state index contributed by atoms with van der Waals surface area (Å²) in [5.74, 6) is 0.883. The van der Waals surface area contributed by atoms with E-state index in [0.29, 0.717) is 18.5 Å². The average Bonchev–Trinajstić information content (AvgIpc) is 2.70. The van der Waals surface area contributed by atoms with Gasteiger partial charge in [0.25, 0.3) is 0 Å². The third-order valence-corrected chi connectivity index (χ3v) is 7.04. The molecule has 0 spiro atoms. The molecule has 29 heavy (non-hydrogen) atoms. The zero-order valence-electron chi connectivity index (χ0n) is 19.3. The van der Waals surface area contributed by atoms with Gasteiger partial charge in [0.1, 0.15) is 0 Å². The maximum atomic E-state index is 10.2. The van der Waals surface area contributed by atoms with Gasteiger partial charge in [-0.05, 0) is 50.4 Å². The Bertz CT molecular complexity index is 382. The van der Waals surface area contributed by atoms with E-state index in [9.17, 15) is 4.79 Å². The van der Waals surface area contributed by atoms with Crippen molar-refractivity contribution in [3.05, 3.63) is 0 Å². The highest BCUT2D eigenvalue weighted by atomic mass is 16.4. The number of carboxylic acids is 1. The van der Waals surface area contributed by atoms with Crippen LogP contribution in [-0.2, 0) is 4.79 Å². The van der Waals surface area contributed by atoms with E-state index in [4.69, 9.17) is 16.6 Å². The van der Waals surface area contributed by atoms with Crippen molar-refractivity contribution in [1.29, 1.82) is 0 Å². The first-order valence-corrected chi connectivity index (χ1v) is 12.8. The Morgan fingerprint density at radius 3 is 1.55 bits per heavy atom. The zero-order chi connectivity index (χ0) is 21.3. The van der Waals surface area contributed by atoms with E-state index in [0.717, 1.165) is 24.7 Å². The zero-order valence-corrected chi connectivity index (χ0v) is 19.3. The van der Waals surface area contributed by atoms with Crippen molar-refractivity contribution in [1.82, 2.24) is 0 Å². The first-order chi connectivity index (χ1) is 14.0. The van der Waals surface area contributed by atoms with Crippen LogP contribution in [0.25, 0.3) is 0 Å². The van der Waals surface area contributed by atoms with Gasteiger partial charge >= 0.3 is 5.97 Å². The Morgan fingerprint density at radius 1 is 0.724 bits per heavy atom. The Morgan fingerprint density at radius 2 is 1.14 bits per heavy atom. The molecule has 4 heteroatoms. The van der Waals surface area contributed by atoms with Gasteiger partial charge in [0.15, 0.2) is 0 Å². The molecular formula is C25H50N2O2. The smallest absolute Gasteiger partial charge is 0.303 e. The van der Waals surface area contributed by atoms with Gasteiger partial charge in [0, 0.05) is 18.5 Å². The van der Waals surface area contributed by atoms with E-state index in [1.54, 1.807) is 0 Å². The highest BCUT2D eigenvalue weighted by molar-refractivity contribution is 5.66. The van der Waals surface area contributed by atoms with Crippen LogP contribution in [0, 0.1) is 11.8 Å². The lowest BCUT2D eigenvalue weighted by Crippen LogP contribution is -2.39. The van der Waals surface area contributed by atoms with Crippen LogP contribution >= 0.6 is 0 Å². The molecule has 0 aliphatic heterocycles. The number of carboxylic acid groups (broad SMARTS) is 1. The van der Waals surface area contributed by atoms with Crippen LogP contribution in [0.4, 0.5) is 0 Å². The topological polar surface area (TPSA) is 89.3 Å². The maximum Gasteiger partial charge on any atom is 0.303 e. The van der Waals surface area contributed by atoms with Crippen molar-refractivity contribution in [2.75, 3.05) is 0 Å². The van der Waals surface area contributed by atoms with E-state index < -0.39 is 5.97 Å². The van der Waals surface area contributed by atoms with Gasteiger partial charge in [-0.3, -0.25) is 4.79 Å². The molecular weight excluding hydrogens is 360 g/mol. The summed E-state index contributed by atoms with van der Waals surface area (Å²) in [5, 5.41) is 8.41. The molecule has 0 aromatic heterocycles. The number of nitrogens with two attached hydrogens (primary N) is 2. The summed E-state index contributed by atoms with van der Waals surface area (Å²) in [6.07, 6.45) is 23.4. The third kappa shape index (κ3) is 13.3. The monoisotopic (exact) mass is 410 g/mol. The number of aliphatic carboxylic acids is 1. The van der Waals surface area contributed by atoms with E-state index in [1.165, 1.54) is 103 Å². The summed E-state index contributed by atoms with van der Waals surface area (Å²) in [6.45, 7) is 2.23. The Kier molecular flexibility index (Phi) is 15.6. The maximum absolute atomic E-state index is 10.2. The van der Waals surface area contributed by atoms with Crippen LogP contribution in [0.1, 0.15) is 129 Å². The minimum Gasteiger partial charge on any atom is -0.481 e. The molecule has 0 amide bonds. The lowest BCUT2D eigenvalue weighted by molar-refractivity contribution is -0.137. The van der Waals surface area contributed by atoms with E-state index in [1.807, 2.05) is 0 Å². The Balaban J connectivity index is 0.000000291.